The van der Waals surface area contributed by atoms with E-state index in [9.17, 15) is 28.8 Å². The second-order valence-corrected chi connectivity index (χ2v) is 8.64. The third-order valence-electron chi connectivity index (χ3n) is 5.51. The van der Waals surface area contributed by atoms with Gasteiger partial charge in [-0.2, -0.15) is 0 Å². The first kappa shape index (κ1) is 36.4. The van der Waals surface area contributed by atoms with Crippen molar-refractivity contribution in [2.75, 3.05) is 0 Å². The number of aliphatic carboxylic acids is 1. The van der Waals surface area contributed by atoms with E-state index in [0.29, 0.717) is 25.7 Å². The average Bonchev–Trinajstić information content (AvgIpc) is 2.76. The molecule has 0 fully saturated rings. The Morgan fingerprint density at radius 2 is 1.03 bits per heavy atom. The maximum atomic E-state index is 11.5. The monoisotopic (exact) mass is 484 g/mol. The minimum atomic E-state index is -0.852. The molecule has 0 bridgehead atoms. The molecule has 0 saturated heterocycles. The highest BCUT2D eigenvalue weighted by atomic mass is 16.4. The molecule has 0 aliphatic rings. The SMILES string of the molecule is C.CCC[C@@H](CCC(=O)O)CC(=O)C(=O)CC.CCC[C@@H](CCCC(C)=O)CC(=O)C(=O)CC. The van der Waals surface area contributed by atoms with Crippen LogP contribution in [0.25, 0.3) is 0 Å². The number of carboxylic acid groups (broad SMARTS) is 1. The van der Waals surface area contributed by atoms with Crippen molar-refractivity contribution in [3.8, 4) is 0 Å². The first-order chi connectivity index (χ1) is 15.5. The summed E-state index contributed by atoms with van der Waals surface area (Å²) >= 11 is 0. The summed E-state index contributed by atoms with van der Waals surface area (Å²) in [5, 5.41) is 8.57. The lowest BCUT2D eigenvalue weighted by Crippen LogP contribution is -2.17. The number of ketones is 5. The van der Waals surface area contributed by atoms with Crippen molar-refractivity contribution >= 4 is 34.9 Å². The average molecular weight is 485 g/mol. The molecule has 0 amide bonds. The van der Waals surface area contributed by atoms with Crippen LogP contribution in [0.2, 0.25) is 0 Å². The number of carbonyl (C=O) groups is 6. The van der Waals surface area contributed by atoms with Crippen molar-refractivity contribution in [2.24, 2.45) is 11.8 Å². The van der Waals surface area contributed by atoms with Crippen LogP contribution in [-0.4, -0.2) is 40.0 Å². The molecule has 0 saturated carbocycles. The van der Waals surface area contributed by atoms with Crippen LogP contribution in [0.1, 0.15) is 126 Å². The first-order valence-corrected chi connectivity index (χ1v) is 12.3. The number of rotatable bonds is 19. The van der Waals surface area contributed by atoms with E-state index in [-0.39, 0.29) is 67.4 Å². The fourth-order valence-electron chi connectivity index (χ4n) is 3.63. The number of Topliss-reactive ketones (excluding diaryl/α,β-unsaturated/α-hetero) is 5. The molecule has 0 radical (unpaired) electrons. The molecule has 0 rings (SSSR count). The van der Waals surface area contributed by atoms with E-state index in [1.165, 1.54) is 0 Å². The zero-order chi connectivity index (χ0) is 25.8. The lowest BCUT2D eigenvalue weighted by molar-refractivity contribution is -0.138. The summed E-state index contributed by atoms with van der Waals surface area (Å²) in [6, 6.07) is 0. The van der Waals surface area contributed by atoms with Crippen molar-refractivity contribution in [2.45, 2.75) is 126 Å². The summed E-state index contributed by atoms with van der Waals surface area (Å²) in [5.41, 5.74) is 0. The Balaban J connectivity index is -0.000000550. The summed E-state index contributed by atoms with van der Waals surface area (Å²) < 4.78 is 0. The molecule has 0 spiro atoms. The van der Waals surface area contributed by atoms with Gasteiger partial charge in [-0.3, -0.25) is 24.0 Å². The van der Waals surface area contributed by atoms with Gasteiger partial charge in [0, 0.05) is 38.5 Å². The topological polar surface area (TPSA) is 123 Å². The molecule has 7 nitrogen and oxygen atoms in total. The predicted molar refractivity (Wildman–Crippen MR) is 135 cm³/mol. The fraction of sp³-hybridized carbons (Fsp3) is 0.778. The van der Waals surface area contributed by atoms with Gasteiger partial charge in [-0.15, -0.1) is 0 Å². The predicted octanol–water partition coefficient (Wildman–Crippen LogP) is 5.94. The fourth-order valence-corrected chi connectivity index (χ4v) is 3.63. The smallest absolute Gasteiger partial charge is 0.303 e. The molecule has 0 aromatic heterocycles. The highest BCUT2D eigenvalue weighted by molar-refractivity contribution is 6.37. The maximum Gasteiger partial charge on any atom is 0.303 e. The molecule has 7 heteroatoms. The normalized spacial score (nSPS) is 11.8. The molecule has 0 aromatic carbocycles. The van der Waals surface area contributed by atoms with Crippen molar-refractivity contribution in [3.63, 3.8) is 0 Å². The van der Waals surface area contributed by atoms with Crippen LogP contribution in [0.4, 0.5) is 0 Å². The third kappa shape index (κ3) is 20.4. The zero-order valence-electron chi connectivity index (χ0n) is 21.2. The van der Waals surface area contributed by atoms with Gasteiger partial charge in [-0.05, 0) is 38.0 Å². The van der Waals surface area contributed by atoms with E-state index >= 15 is 0 Å². The lowest BCUT2D eigenvalue weighted by atomic mass is 9.90. The van der Waals surface area contributed by atoms with Crippen molar-refractivity contribution in [1.29, 1.82) is 0 Å². The van der Waals surface area contributed by atoms with E-state index in [4.69, 9.17) is 5.11 Å². The van der Waals surface area contributed by atoms with Crippen LogP contribution in [0.3, 0.4) is 0 Å². The molecule has 198 valence electrons. The Kier molecular flexibility index (Phi) is 24.2. The molecule has 1 N–H and O–H groups in total. The molecular formula is C27H48O7. The second kappa shape index (κ2) is 22.6. The Hall–Kier alpha value is -2.18. The quantitative estimate of drug-likeness (QED) is 0.225. The molecule has 0 unspecified atom stereocenters. The van der Waals surface area contributed by atoms with Gasteiger partial charge >= 0.3 is 5.97 Å². The molecular weight excluding hydrogens is 436 g/mol. The van der Waals surface area contributed by atoms with Gasteiger partial charge in [0.2, 0.25) is 0 Å². The van der Waals surface area contributed by atoms with Crippen LogP contribution in [0.15, 0.2) is 0 Å². The minimum Gasteiger partial charge on any atom is -0.481 e. The third-order valence-corrected chi connectivity index (χ3v) is 5.51. The highest BCUT2D eigenvalue weighted by Gasteiger charge is 2.19. The van der Waals surface area contributed by atoms with Gasteiger partial charge in [0.05, 0.1) is 0 Å². The van der Waals surface area contributed by atoms with Crippen LogP contribution in [0.5, 0.6) is 0 Å². The largest absolute Gasteiger partial charge is 0.481 e. The van der Waals surface area contributed by atoms with Crippen LogP contribution < -0.4 is 0 Å². The van der Waals surface area contributed by atoms with Crippen LogP contribution in [-0.2, 0) is 28.8 Å². The number of carboxylic acids is 1. The molecule has 0 aliphatic heterocycles. The number of hydrogen-bond donors (Lipinski definition) is 1. The Labute approximate surface area is 206 Å². The summed E-state index contributed by atoms with van der Waals surface area (Å²) in [6.45, 7) is 9.02. The summed E-state index contributed by atoms with van der Waals surface area (Å²) in [6.07, 6.45) is 7.59. The Bertz CT molecular complexity index is 637. The van der Waals surface area contributed by atoms with Gasteiger partial charge in [0.15, 0.2) is 23.1 Å². The van der Waals surface area contributed by atoms with Crippen molar-refractivity contribution in [1.82, 2.24) is 0 Å². The van der Waals surface area contributed by atoms with Crippen LogP contribution in [0, 0.1) is 11.8 Å². The molecule has 0 aromatic rings. The van der Waals surface area contributed by atoms with E-state index < -0.39 is 5.97 Å². The molecule has 34 heavy (non-hydrogen) atoms. The van der Waals surface area contributed by atoms with Gasteiger partial charge in [-0.1, -0.05) is 60.8 Å². The van der Waals surface area contributed by atoms with Gasteiger partial charge < -0.3 is 9.90 Å². The Morgan fingerprint density at radius 3 is 1.35 bits per heavy atom. The van der Waals surface area contributed by atoms with E-state index in [1.807, 2.05) is 6.92 Å². The molecule has 0 aliphatic carbocycles. The van der Waals surface area contributed by atoms with E-state index in [1.54, 1.807) is 20.8 Å². The van der Waals surface area contributed by atoms with Gasteiger partial charge in [0.1, 0.15) is 5.78 Å². The molecule has 2 atom stereocenters. The van der Waals surface area contributed by atoms with Gasteiger partial charge in [0.25, 0.3) is 0 Å². The number of hydrogen-bond acceptors (Lipinski definition) is 6. The lowest BCUT2D eigenvalue weighted by Gasteiger charge is -2.14. The zero-order valence-corrected chi connectivity index (χ0v) is 21.2. The van der Waals surface area contributed by atoms with Crippen LogP contribution >= 0.6 is 0 Å². The summed E-state index contributed by atoms with van der Waals surface area (Å²) in [5.74, 6) is -1.58. The Morgan fingerprint density at radius 1 is 0.618 bits per heavy atom. The van der Waals surface area contributed by atoms with E-state index in [2.05, 4.69) is 6.92 Å². The van der Waals surface area contributed by atoms with Crippen molar-refractivity contribution in [3.05, 3.63) is 0 Å². The summed E-state index contributed by atoms with van der Waals surface area (Å²) in [7, 11) is 0. The maximum absolute atomic E-state index is 11.5. The van der Waals surface area contributed by atoms with Crippen molar-refractivity contribution < 1.29 is 33.9 Å². The molecule has 0 heterocycles. The summed E-state index contributed by atoms with van der Waals surface area (Å²) in [4.78, 5) is 66.6. The highest BCUT2D eigenvalue weighted by Crippen LogP contribution is 2.20. The minimum absolute atomic E-state index is 0. The number of carbonyl (C=O) groups excluding carboxylic acids is 5. The van der Waals surface area contributed by atoms with Gasteiger partial charge in [-0.25, -0.2) is 0 Å². The second-order valence-electron chi connectivity index (χ2n) is 8.64. The first-order valence-electron chi connectivity index (χ1n) is 12.3. The van der Waals surface area contributed by atoms with E-state index in [0.717, 1.165) is 38.5 Å². The standard InChI is InChI=1S/C14H24O3.C12H20O4.CH4/c1-4-7-12(9-6-8-11(3)15)10-14(17)13(16)5-2;1-3-5-9(6-7-12(15)16)8-11(14)10(13)4-2;/h12H,4-10H2,1-3H3;9H,3-8H2,1-2H3,(H,15,16);1H4/t12-;9-;/m00./s1.